The quantitative estimate of drug-likeness (QED) is 0.0934. The largest absolute Gasteiger partial charge is 2.00 e. The van der Waals surface area contributed by atoms with Crippen LogP contribution >= 0.6 is 15.9 Å². The Balaban J connectivity index is 0.000000132. The summed E-state index contributed by atoms with van der Waals surface area (Å²) in [5.41, 5.74) is 22.2. The molecule has 644 valence electrons. The van der Waals surface area contributed by atoms with Crippen LogP contribution in [0.25, 0.3) is 99.9 Å². The maximum absolute atomic E-state index is 10.1. The molecule has 21 rings (SSSR count). The predicted octanol–water partition coefficient (Wildman–Crippen LogP) is 27.3. The van der Waals surface area contributed by atoms with Crippen LogP contribution in [-0.2, 0) is 58.4 Å². The molecule has 0 bridgehead atoms. The second kappa shape index (κ2) is 37.4. The maximum Gasteiger partial charge on any atom is 2.00 e. The average Bonchev–Trinajstić information content (AvgIpc) is 1.61. The van der Waals surface area contributed by atoms with Gasteiger partial charge in [-0.3, -0.25) is 13.8 Å². The third-order valence-corrected chi connectivity index (χ3v) is 24.5. The number of nitrogens with zero attached hydrogens (tertiary/aromatic N) is 12. The molecule has 0 aliphatic heterocycles. The Bertz CT molecular complexity index is 7330. The van der Waals surface area contributed by atoms with E-state index in [1.807, 2.05) is 170 Å². The van der Waals surface area contributed by atoms with Crippen LogP contribution in [0.3, 0.4) is 0 Å². The van der Waals surface area contributed by atoms with Crippen molar-refractivity contribution in [3.8, 4) is 63.3 Å². The Morgan fingerprint density at radius 3 is 1.18 bits per heavy atom. The van der Waals surface area contributed by atoms with Gasteiger partial charge in [0.05, 0.1) is 50.5 Å². The van der Waals surface area contributed by atoms with Crippen LogP contribution in [0.5, 0.6) is 28.7 Å². The Hall–Kier alpha value is -13.6. The number of pyridine rings is 3. The van der Waals surface area contributed by atoms with Gasteiger partial charge in [-0.1, -0.05) is 221 Å². The van der Waals surface area contributed by atoms with Crippen molar-refractivity contribution in [3.63, 3.8) is 0 Å². The molecule has 0 aliphatic rings. The Morgan fingerprint density at radius 2 is 0.698 bits per heavy atom. The van der Waals surface area contributed by atoms with Gasteiger partial charge in [0, 0.05) is 134 Å². The van der Waals surface area contributed by atoms with Crippen LogP contribution in [0.2, 0.25) is 0 Å². The zero-order valence-corrected chi connectivity index (χ0v) is 79.8. The molecule has 0 amide bonds. The summed E-state index contributed by atoms with van der Waals surface area (Å²) in [5.74, 6) is 5.55. The molecule has 18 heteroatoms. The fourth-order valence-electron chi connectivity index (χ4n) is 17.3. The minimum atomic E-state index is -0.192. The first kappa shape index (κ1) is 88.8. The number of halogens is 1. The summed E-state index contributed by atoms with van der Waals surface area (Å²) in [6.45, 7) is 25.6. The minimum Gasteiger partial charge on any atom is -0.509 e. The van der Waals surface area contributed by atoms with Gasteiger partial charge in [-0.05, 0) is 213 Å². The van der Waals surface area contributed by atoms with Gasteiger partial charge in [-0.2, -0.15) is 27.4 Å². The summed E-state index contributed by atoms with van der Waals surface area (Å²) in [7, 11) is 0. The molecular weight excluding hydrogens is 2020 g/mol. The SMILES string of the molecule is CC(C)(c1ccccc1)c1ccnc(-n2c3ccccc3c3ccc(O)cc32)c1.Cc1cc(C)n(-c2[c-]c(Oc3[c-]c4c(cc3)c3ccccc3n4-c3cc(C(C)(C)c4ccccc4)ccn3)ccc2)n1.Cc1cc(C)n(-c2cccc(Br)c2)n1.Cc1cc(C)n(-c2cccc(Oc3ccc4c5ccccc5n(-c5cc(C(C)(C)c6ccccc6)ccn5)c4c3)c2)n1.[Pt+2].[Pt]. The van der Waals surface area contributed by atoms with Gasteiger partial charge < -0.3 is 19.1 Å². The van der Waals surface area contributed by atoms with Crippen LogP contribution in [0, 0.1) is 53.7 Å². The monoisotopic (exact) mass is 2110 g/mol. The van der Waals surface area contributed by atoms with Gasteiger partial charge in [0.15, 0.2) is 0 Å². The molecule has 9 heterocycles. The van der Waals surface area contributed by atoms with E-state index in [4.69, 9.17) is 24.4 Å². The number of phenols is 1. The molecule has 0 unspecified atom stereocenters. The van der Waals surface area contributed by atoms with Gasteiger partial charge in [0.2, 0.25) is 0 Å². The third-order valence-electron chi connectivity index (χ3n) is 24.0. The van der Waals surface area contributed by atoms with E-state index in [0.29, 0.717) is 11.5 Å². The van der Waals surface area contributed by atoms with Crippen LogP contribution in [0.4, 0.5) is 0 Å². The number of aryl methyl sites for hydroxylation is 6. The maximum atomic E-state index is 10.1. The van der Waals surface area contributed by atoms with E-state index in [9.17, 15) is 5.11 Å². The number of rotatable bonds is 16. The molecule has 0 fully saturated rings. The van der Waals surface area contributed by atoms with Crippen LogP contribution in [0.15, 0.2) is 357 Å². The first-order chi connectivity index (χ1) is 61.5. The summed E-state index contributed by atoms with van der Waals surface area (Å²) in [4.78, 5) is 14.4. The molecule has 0 spiro atoms. The molecule has 0 radical (unpaired) electrons. The minimum absolute atomic E-state index is 0. The normalized spacial score (nSPS) is 11.5. The molecular formula is C111H95BrN12O3Pt2. The fourth-order valence-corrected chi connectivity index (χ4v) is 17.7. The molecule has 1 N–H and O–H groups in total. The molecule has 15 nitrogen and oxygen atoms in total. The summed E-state index contributed by atoms with van der Waals surface area (Å²) in [5, 5.41) is 30.6. The van der Waals surface area contributed by atoms with Crippen molar-refractivity contribution < 1.29 is 56.7 Å². The topological polar surface area (TPSA) is 146 Å². The Kier molecular flexibility index (Phi) is 25.7. The number of hydrogen-bond acceptors (Lipinski definition) is 9. The van der Waals surface area contributed by atoms with E-state index >= 15 is 0 Å². The summed E-state index contributed by atoms with van der Waals surface area (Å²) < 4.78 is 26.2. The van der Waals surface area contributed by atoms with Gasteiger partial charge in [0.1, 0.15) is 34.7 Å². The number of aromatic hydroxyl groups is 1. The van der Waals surface area contributed by atoms with Gasteiger partial charge in [-0.15, -0.1) is 35.7 Å². The smallest absolute Gasteiger partial charge is 0.509 e. The van der Waals surface area contributed by atoms with Gasteiger partial charge in [-0.25, -0.2) is 24.3 Å². The summed E-state index contributed by atoms with van der Waals surface area (Å²) >= 11 is 3.45. The second-order valence-corrected chi connectivity index (χ2v) is 34.7. The van der Waals surface area contributed by atoms with E-state index in [2.05, 4.69) is 331 Å². The molecule has 129 heavy (non-hydrogen) atoms. The van der Waals surface area contributed by atoms with E-state index in [-0.39, 0.29) is 64.1 Å². The average molecular weight is 2120 g/mol. The van der Waals surface area contributed by atoms with Crippen LogP contribution in [0.1, 0.15) is 109 Å². The number of aromatic nitrogens is 12. The zero-order chi connectivity index (χ0) is 87.8. The van der Waals surface area contributed by atoms with Crippen molar-refractivity contribution in [1.82, 2.24) is 58.0 Å². The summed E-state index contributed by atoms with van der Waals surface area (Å²) in [6, 6.07) is 121. The fraction of sp³-hybridized carbons (Fsp3) is 0.135. The Morgan fingerprint density at radius 1 is 0.310 bits per heavy atom. The molecule has 12 aromatic carbocycles. The zero-order valence-electron chi connectivity index (χ0n) is 73.6. The van der Waals surface area contributed by atoms with E-state index in [1.165, 1.54) is 38.8 Å². The number of fused-ring (bicyclic) bond motifs is 9. The number of para-hydroxylation sites is 3. The molecule has 0 atom stereocenters. The van der Waals surface area contributed by atoms with Crippen molar-refractivity contribution in [3.05, 3.63) is 436 Å². The van der Waals surface area contributed by atoms with Crippen LogP contribution in [-0.4, -0.2) is 63.1 Å². The predicted molar refractivity (Wildman–Crippen MR) is 518 cm³/mol. The van der Waals surface area contributed by atoms with Gasteiger partial charge >= 0.3 is 21.1 Å². The van der Waals surface area contributed by atoms with Gasteiger partial charge in [0.25, 0.3) is 0 Å². The van der Waals surface area contributed by atoms with Crippen molar-refractivity contribution >= 4 is 81.3 Å². The molecule has 0 saturated heterocycles. The standard InChI is InChI=1S/C37H32N4O.C37H30N4O.C26H22N2O.C11H11BrN2.2Pt/c2*1-25-21-26(2)41(39-25)29-13-10-14-30(23-29)42-31-17-18-33-32-15-8-9-16-34(32)40(35(33)24-31)36-22-28(19-20-38-36)37(3,4)27-11-6-5-7-12-27;1-26(2,18-8-4-3-5-9-18)19-14-15-27-25(16-19)28-23-11-7-6-10-21(23)22-13-12-20(29)17-24(22)28;1-8-6-9(2)14(13-8)11-5-3-4-10(12)7-11;;/h5-24H,1-4H3;5-22H,1-4H3;3-17,29H,1-2H3;3-7H,1-2H3;;/q;-2;;;;+2. The van der Waals surface area contributed by atoms with Crippen molar-refractivity contribution in [2.45, 2.75) is 99.3 Å². The number of hydrogen-bond donors (Lipinski definition) is 1. The van der Waals surface area contributed by atoms with Crippen molar-refractivity contribution in [1.29, 1.82) is 0 Å². The molecule has 21 aromatic rings. The van der Waals surface area contributed by atoms with E-state index < -0.39 is 0 Å². The molecule has 0 aliphatic carbocycles. The first-order valence-electron chi connectivity index (χ1n) is 42.6. The summed E-state index contributed by atoms with van der Waals surface area (Å²) in [6.07, 6.45) is 5.69. The second-order valence-electron chi connectivity index (χ2n) is 33.8. The number of phenolic OH excluding ortho intramolecular Hbond substituents is 1. The molecule has 9 aromatic heterocycles. The van der Waals surface area contributed by atoms with Crippen molar-refractivity contribution in [2.75, 3.05) is 0 Å². The molecule has 0 saturated carbocycles. The first-order valence-corrected chi connectivity index (χ1v) is 43.4. The van der Waals surface area contributed by atoms with E-state index in [0.717, 1.165) is 145 Å². The van der Waals surface area contributed by atoms with Crippen molar-refractivity contribution in [2.24, 2.45) is 0 Å². The van der Waals surface area contributed by atoms with E-state index in [1.54, 1.807) is 6.07 Å². The Labute approximate surface area is 788 Å². The number of ether oxygens (including phenoxy) is 2. The third kappa shape index (κ3) is 18.1. The van der Waals surface area contributed by atoms with Crippen LogP contribution < -0.4 is 9.47 Å². The number of benzene rings is 12.